The van der Waals surface area contributed by atoms with E-state index in [1.165, 1.54) is 16.2 Å². The minimum Gasteiger partial charge on any atom is -0.507 e. The van der Waals surface area contributed by atoms with Gasteiger partial charge in [0, 0.05) is 12.0 Å². The van der Waals surface area contributed by atoms with Gasteiger partial charge < -0.3 is 19.3 Å². The van der Waals surface area contributed by atoms with Gasteiger partial charge in [0.2, 0.25) is 0 Å². The Hall–Kier alpha value is -4.37. The van der Waals surface area contributed by atoms with Crippen molar-refractivity contribution in [1.82, 2.24) is 4.98 Å². The maximum absolute atomic E-state index is 13.5. The molecule has 3 heterocycles. The molecule has 0 bridgehead atoms. The van der Waals surface area contributed by atoms with E-state index in [1.807, 2.05) is 19.1 Å². The number of hydrogen-bond donors (Lipinski definition) is 1. The number of aliphatic hydroxyl groups excluding tert-OH is 1. The quantitative estimate of drug-likeness (QED) is 0.214. The van der Waals surface area contributed by atoms with Crippen molar-refractivity contribution in [3.05, 3.63) is 82.9 Å². The summed E-state index contributed by atoms with van der Waals surface area (Å²) in [7, 11) is 3.14. The van der Waals surface area contributed by atoms with E-state index in [4.69, 9.17) is 14.2 Å². The van der Waals surface area contributed by atoms with Gasteiger partial charge >= 0.3 is 5.91 Å². The molecule has 2 aliphatic heterocycles. The van der Waals surface area contributed by atoms with Crippen molar-refractivity contribution in [1.29, 1.82) is 0 Å². The highest BCUT2D eigenvalue weighted by Crippen LogP contribution is 2.45. The Morgan fingerprint density at radius 1 is 1.03 bits per heavy atom. The molecule has 0 saturated carbocycles. The second-order valence-corrected chi connectivity index (χ2v) is 10.2. The van der Waals surface area contributed by atoms with Crippen molar-refractivity contribution in [3.8, 4) is 17.2 Å². The lowest BCUT2D eigenvalue weighted by molar-refractivity contribution is -0.132. The first kappa shape index (κ1) is 24.0. The third kappa shape index (κ3) is 3.86. The molecule has 38 heavy (non-hydrogen) atoms. The van der Waals surface area contributed by atoms with Crippen LogP contribution in [0.15, 0.2) is 66.2 Å². The maximum atomic E-state index is 13.5. The average Bonchev–Trinajstić information content (AvgIpc) is 3.60. The third-order valence-corrected chi connectivity index (χ3v) is 7.85. The fraction of sp³-hybridized carbons (Fsp3) is 0.207. The minimum atomic E-state index is -0.883. The first-order valence-electron chi connectivity index (χ1n) is 12.1. The molecule has 2 atom stereocenters. The largest absolute Gasteiger partial charge is 0.507 e. The van der Waals surface area contributed by atoms with Crippen LogP contribution >= 0.6 is 11.3 Å². The summed E-state index contributed by atoms with van der Waals surface area (Å²) in [4.78, 5) is 33.1. The fourth-order valence-electron chi connectivity index (χ4n) is 4.98. The molecule has 9 heteroatoms. The second kappa shape index (κ2) is 9.18. The molecule has 0 spiro atoms. The summed E-state index contributed by atoms with van der Waals surface area (Å²) in [5, 5.41) is 11.8. The summed E-state index contributed by atoms with van der Waals surface area (Å²) in [5.41, 5.74) is 2.71. The van der Waals surface area contributed by atoms with Gasteiger partial charge in [-0.15, -0.1) is 0 Å². The van der Waals surface area contributed by atoms with Gasteiger partial charge in [-0.25, -0.2) is 4.98 Å². The summed E-state index contributed by atoms with van der Waals surface area (Å²) >= 11 is 1.28. The number of benzene rings is 3. The molecule has 0 radical (unpaired) electrons. The number of fused-ring (bicyclic) bond motifs is 2. The summed E-state index contributed by atoms with van der Waals surface area (Å²) in [6.45, 7) is 1.97. The van der Waals surface area contributed by atoms with E-state index >= 15 is 0 Å². The normalized spacial score (nSPS) is 20.0. The standard InChI is InChI=1S/C29H24N2O6S/c1-15-12-18-13-17(6-11-22(18)37-15)26(32)24-25(16-4-7-19(35-2)8-5-16)31(28(34)27(24)33)29-30-21-10-9-20(36-3)14-23(21)38-29/h4-11,13-15,25,32H,12H2,1-3H3/b26-24+/t15-,25-/m0/s1. The molecular weight excluding hydrogens is 504 g/mol. The van der Waals surface area contributed by atoms with Crippen molar-refractivity contribution in [2.24, 2.45) is 0 Å². The van der Waals surface area contributed by atoms with E-state index in [-0.39, 0.29) is 17.4 Å². The topological polar surface area (TPSA) is 98.2 Å². The molecule has 0 aliphatic carbocycles. The van der Waals surface area contributed by atoms with Crippen LogP contribution in [-0.4, -0.2) is 42.1 Å². The molecule has 1 amide bonds. The summed E-state index contributed by atoms with van der Waals surface area (Å²) < 4.78 is 17.2. The third-order valence-electron chi connectivity index (χ3n) is 6.84. The van der Waals surface area contributed by atoms with Crippen LogP contribution in [0.4, 0.5) is 5.13 Å². The second-order valence-electron chi connectivity index (χ2n) is 9.23. The number of rotatable bonds is 5. The minimum absolute atomic E-state index is 0.00363. The predicted octanol–water partition coefficient (Wildman–Crippen LogP) is 5.26. The van der Waals surface area contributed by atoms with E-state index in [0.717, 1.165) is 16.0 Å². The highest BCUT2D eigenvalue weighted by Gasteiger charge is 2.48. The van der Waals surface area contributed by atoms with Crippen LogP contribution in [0.5, 0.6) is 17.2 Å². The molecule has 1 aromatic heterocycles. The monoisotopic (exact) mass is 528 g/mol. The molecule has 192 valence electrons. The van der Waals surface area contributed by atoms with E-state index in [1.54, 1.807) is 62.8 Å². The molecular formula is C29H24N2O6S. The van der Waals surface area contributed by atoms with Gasteiger partial charge in [0.15, 0.2) is 5.13 Å². The zero-order chi connectivity index (χ0) is 26.6. The van der Waals surface area contributed by atoms with Crippen LogP contribution in [-0.2, 0) is 16.0 Å². The molecule has 1 N–H and O–H groups in total. The first-order valence-corrected chi connectivity index (χ1v) is 12.9. The van der Waals surface area contributed by atoms with Gasteiger partial charge in [0.25, 0.3) is 5.78 Å². The molecule has 8 nitrogen and oxygen atoms in total. The number of hydrogen-bond acceptors (Lipinski definition) is 8. The molecule has 2 aliphatic rings. The zero-order valence-corrected chi connectivity index (χ0v) is 21.7. The number of thiazole rings is 1. The number of aromatic nitrogens is 1. The number of aliphatic hydroxyl groups is 1. The van der Waals surface area contributed by atoms with Crippen molar-refractivity contribution in [2.45, 2.75) is 25.5 Å². The summed E-state index contributed by atoms with van der Waals surface area (Å²) in [5.74, 6) is 0.284. The molecule has 3 aromatic carbocycles. The van der Waals surface area contributed by atoms with Crippen molar-refractivity contribution >= 4 is 44.1 Å². The number of carbonyl (C=O) groups is 2. The number of nitrogens with zero attached hydrogens (tertiary/aromatic N) is 2. The van der Waals surface area contributed by atoms with Crippen LogP contribution in [0.3, 0.4) is 0 Å². The number of methoxy groups -OCH3 is 2. The van der Waals surface area contributed by atoms with Gasteiger partial charge in [-0.1, -0.05) is 23.5 Å². The number of amides is 1. The molecule has 0 unspecified atom stereocenters. The van der Waals surface area contributed by atoms with E-state index in [0.29, 0.717) is 39.7 Å². The van der Waals surface area contributed by atoms with Gasteiger partial charge in [-0.05, 0) is 66.6 Å². The number of carbonyl (C=O) groups excluding carboxylic acids is 2. The van der Waals surface area contributed by atoms with Gasteiger partial charge in [-0.2, -0.15) is 0 Å². The van der Waals surface area contributed by atoms with Crippen LogP contribution in [0.2, 0.25) is 0 Å². The smallest absolute Gasteiger partial charge is 0.301 e. The van der Waals surface area contributed by atoms with E-state index in [2.05, 4.69) is 4.98 Å². The lowest BCUT2D eigenvalue weighted by Crippen LogP contribution is -2.29. The Bertz CT molecular complexity index is 1620. The molecule has 6 rings (SSSR count). The highest BCUT2D eigenvalue weighted by molar-refractivity contribution is 7.22. The summed E-state index contributed by atoms with van der Waals surface area (Å²) in [6, 6.07) is 16.9. The molecule has 4 aromatic rings. The molecule has 1 fully saturated rings. The number of ether oxygens (including phenoxy) is 3. The fourth-order valence-corrected chi connectivity index (χ4v) is 6.00. The highest BCUT2D eigenvalue weighted by atomic mass is 32.1. The average molecular weight is 529 g/mol. The van der Waals surface area contributed by atoms with E-state index in [9.17, 15) is 14.7 Å². The van der Waals surface area contributed by atoms with Crippen molar-refractivity contribution < 1.29 is 28.9 Å². The van der Waals surface area contributed by atoms with Gasteiger partial charge in [0.1, 0.15) is 29.1 Å². The molecule has 1 saturated heterocycles. The predicted molar refractivity (Wildman–Crippen MR) is 144 cm³/mol. The lowest BCUT2D eigenvalue weighted by Gasteiger charge is -2.23. The Balaban J connectivity index is 1.52. The maximum Gasteiger partial charge on any atom is 0.301 e. The Morgan fingerprint density at radius 3 is 2.50 bits per heavy atom. The Labute approximate surface area is 222 Å². The SMILES string of the molecule is COc1ccc([C@H]2/C(=C(\O)c3ccc4c(c3)C[C@H](C)O4)C(=O)C(=O)N2c2nc3ccc(OC)cc3s2)cc1. The van der Waals surface area contributed by atoms with Crippen LogP contribution in [0, 0.1) is 0 Å². The number of anilines is 1. The van der Waals surface area contributed by atoms with Gasteiger partial charge in [-0.3, -0.25) is 14.5 Å². The summed E-state index contributed by atoms with van der Waals surface area (Å²) in [6.07, 6.45) is 0.729. The van der Waals surface area contributed by atoms with Crippen LogP contribution < -0.4 is 19.1 Å². The van der Waals surface area contributed by atoms with Crippen LogP contribution in [0.25, 0.3) is 16.0 Å². The lowest BCUT2D eigenvalue weighted by atomic mass is 9.94. The van der Waals surface area contributed by atoms with Crippen molar-refractivity contribution in [3.63, 3.8) is 0 Å². The zero-order valence-electron chi connectivity index (χ0n) is 20.9. The Kier molecular flexibility index (Phi) is 5.80. The Morgan fingerprint density at radius 2 is 1.76 bits per heavy atom. The van der Waals surface area contributed by atoms with Crippen LogP contribution in [0.1, 0.15) is 29.7 Å². The number of ketones is 1. The first-order chi connectivity index (χ1) is 18.4. The number of Topliss-reactive ketones (excluding diaryl/α,β-unsaturated/α-hetero) is 1. The van der Waals surface area contributed by atoms with Gasteiger partial charge in [0.05, 0.1) is 36.1 Å². The van der Waals surface area contributed by atoms with Crippen molar-refractivity contribution in [2.75, 3.05) is 19.1 Å². The van der Waals surface area contributed by atoms with E-state index < -0.39 is 17.7 Å².